The third-order valence-electron chi connectivity index (χ3n) is 2.90. The van der Waals surface area contributed by atoms with E-state index < -0.39 is 5.97 Å². The predicted molar refractivity (Wildman–Crippen MR) is 78.6 cm³/mol. The molecule has 0 saturated carbocycles. The van der Waals surface area contributed by atoms with Gasteiger partial charge in [-0.15, -0.1) is 0 Å². The fourth-order valence-corrected chi connectivity index (χ4v) is 2.03. The maximum Gasteiger partial charge on any atom is 0.355 e. The van der Waals surface area contributed by atoms with Crippen molar-refractivity contribution in [1.29, 1.82) is 0 Å². The molecule has 1 aromatic carbocycles. The van der Waals surface area contributed by atoms with Gasteiger partial charge in [0.15, 0.2) is 17.3 Å². The Morgan fingerprint density at radius 2 is 1.90 bits per heavy atom. The molecule has 0 radical (unpaired) electrons. The second kappa shape index (κ2) is 6.01. The molecule has 1 aromatic heterocycles. The Bertz CT molecular complexity index is 714. The van der Waals surface area contributed by atoms with Crippen molar-refractivity contribution >= 4 is 23.4 Å². The van der Waals surface area contributed by atoms with Crippen LogP contribution in [0.1, 0.15) is 34.7 Å². The fourth-order valence-electron chi connectivity index (χ4n) is 1.81. The maximum atomic E-state index is 12.0. The van der Waals surface area contributed by atoms with Gasteiger partial charge in [-0.25, -0.2) is 14.8 Å². The van der Waals surface area contributed by atoms with Gasteiger partial charge in [0.05, 0.1) is 10.6 Å². The van der Waals surface area contributed by atoms with Gasteiger partial charge in [0.25, 0.3) is 0 Å². The normalized spacial score (nSPS) is 10.7. The molecule has 0 atom stereocenters. The van der Waals surface area contributed by atoms with Crippen LogP contribution in [0.5, 0.6) is 0 Å². The molecule has 0 spiro atoms. The van der Waals surface area contributed by atoms with E-state index >= 15 is 0 Å². The lowest BCUT2D eigenvalue weighted by Gasteiger charge is -2.09. The van der Waals surface area contributed by atoms with Gasteiger partial charge in [0.2, 0.25) is 0 Å². The molecule has 2 aromatic rings. The highest BCUT2D eigenvalue weighted by atomic mass is 35.5. The molecule has 0 unspecified atom stereocenters. The van der Waals surface area contributed by atoms with Crippen molar-refractivity contribution < 1.29 is 14.7 Å². The zero-order chi connectivity index (χ0) is 15.6. The van der Waals surface area contributed by atoms with E-state index in [1.165, 1.54) is 6.20 Å². The van der Waals surface area contributed by atoms with Crippen LogP contribution < -0.4 is 0 Å². The van der Waals surface area contributed by atoms with Crippen molar-refractivity contribution in [2.24, 2.45) is 5.92 Å². The molecular weight excluding hydrogens is 292 g/mol. The molecule has 0 aliphatic carbocycles. The van der Waals surface area contributed by atoms with Crippen molar-refractivity contribution in [2.75, 3.05) is 0 Å². The van der Waals surface area contributed by atoms with Gasteiger partial charge in [-0.05, 0) is 12.1 Å². The number of Topliss-reactive ketones (excluding diaryl/α,β-unsaturated/α-hetero) is 1. The van der Waals surface area contributed by atoms with Crippen molar-refractivity contribution in [3.05, 3.63) is 46.7 Å². The standard InChI is InChI=1S/C15H13ClN2O3/c1-8(2)13(19)10-7-17-14(18-12(10)15(20)21)9-5-3-4-6-11(9)16/h3-8H,1-2H3,(H,20,21). The molecule has 0 saturated heterocycles. The smallest absolute Gasteiger partial charge is 0.355 e. The van der Waals surface area contributed by atoms with Crippen LogP contribution in [0.3, 0.4) is 0 Å². The van der Waals surface area contributed by atoms with E-state index in [1.54, 1.807) is 38.1 Å². The monoisotopic (exact) mass is 304 g/mol. The number of carboxylic acid groups (broad SMARTS) is 1. The number of rotatable bonds is 4. The van der Waals surface area contributed by atoms with Gasteiger partial charge in [0.1, 0.15) is 0 Å². The molecule has 5 nitrogen and oxygen atoms in total. The molecule has 0 amide bonds. The minimum absolute atomic E-state index is 0.00769. The summed E-state index contributed by atoms with van der Waals surface area (Å²) in [6, 6.07) is 6.85. The number of ketones is 1. The van der Waals surface area contributed by atoms with Gasteiger partial charge >= 0.3 is 5.97 Å². The SMILES string of the molecule is CC(C)C(=O)c1cnc(-c2ccccc2Cl)nc1C(=O)O. The number of halogens is 1. The van der Waals surface area contributed by atoms with Crippen molar-refractivity contribution in [1.82, 2.24) is 9.97 Å². The topological polar surface area (TPSA) is 80.2 Å². The van der Waals surface area contributed by atoms with Crippen LogP contribution in [0.25, 0.3) is 11.4 Å². The average Bonchev–Trinajstić information content (AvgIpc) is 2.46. The molecule has 0 bridgehead atoms. The Labute approximate surface area is 126 Å². The summed E-state index contributed by atoms with van der Waals surface area (Å²) in [5.74, 6) is -1.73. The van der Waals surface area contributed by atoms with Gasteiger partial charge in [-0.2, -0.15) is 0 Å². The molecule has 1 heterocycles. The van der Waals surface area contributed by atoms with Crippen LogP contribution in [0.2, 0.25) is 5.02 Å². The van der Waals surface area contributed by atoms with Crippen LogP contribution in [0, 0.1) is 5.92 Å². The van der Waals surface area contributed by atoms with Crippen LogP contribution in [0.4, 0.5) is 0 Å². The van der Waals surface area contributed by atoms with Gasteiger partial charge in [-0.1, -0.05) is 37.6 Å². The zero-order valence-electron chi connectivity index (χ0n) is 11.5. The van der Waals surface area contributed by atoms with E-state index in [4.69, 9.17) is 11.6 Å². The highest BCUT2D eigenvalue weighted by Crippen LogP contribution is 2.25. The van der Waals surface area contributed by atoms with E-state index in [0.717, 1.165) is 0 Å². The second-order valence-corrected chi connectivity index (χ2v) is 5.17. The Morgan fingerprint density at radius 3 is 2.48 bits per heavy atom. The summed E-state index contributed by atoms with van der Waals surface area (Å²) in [6.45, 7) is 3.38. The predicted octanol–water partition coefficient (Wildman–Crippen LogP) is 3.33. The molecule has 0 fully saturated rings. The summed E-state index contributed by atoms with van der Waals surface area (Å²) < 4.78 is 0. The minimum atomic E-state index is -1.27. The first-order valence-electron chi connectivity index (χ1n) is 6.31. The molecular formula is C15H13ClN2O3. The largest absolute Gasteiger partial charge is 0.476 e. The molecule has 6 heteroatoms. The third-order valence-corrected chi connectivity index (χ3v) is 3.23. The highest BCUT2D eigenvalue weighted by Gasteiger charge is 2.22. The number of carbonyl (C=O) groups excluding carboxylic acids is 1. The molecule has 21 heavy (non-hydrogen) atoms. The highest BCUT2D eigenvalue weighted by molar-refractivity contribution is 6.33. The van der Waals surface area contributed by atoms with E-state index in [9.17, 15) is 14.7 Å². The Balaban J connectivity index is 2.59. The van der Waals surface area contributed by atoms with E-state index in [0.29, 0.717) is 10.6 Å². The maximum absolute atomic E-state index is 12.0. The quantitative estimate of drug-likeness (QED) is 0.876. The number of aromatic nitrogens is 2. The fraction of sp³-hybridized carbons (Fsp3) is 0.200. The van der Waals surface area contributed by atoms with Gasteiger partial charge < -0.3 is 5.11 Å². The van der Waals surface area contributed by atoms with Gasteiger partial charge in [-0.3, -0.25) is 4.79 Å². The Morgan fingerprint density at radius 1 is 1.24 bits per heavy atom. The summed E-state index contributed by atoms with van der Waals surface area (Å²) in [7, 11) is 0. The van der Waals surface area contributed by atoms with Crippen molar-refractivity contribution in [3.63, 3.8) is 0 Å². The lowest BCUT2D eigenvalue weighted by molar-refractivity contribution is 0.0684. The summed E-state index contributed by atoms with van der Waals surface area (Å²) in [5, 5.41) is 9.68. The van der Waals surface area contributed by atoms with Gasteiger partial charge in [0, 0.05) is 17.7 Å². The number of hydrogen-bond acceptors (Lipinski definition) is 4. The first kappa shape index (κ1) is 15.1. The number of carbonyl (C=O) groups is 2. The lowest BCUT2D eigenvalue weighted by Crippen LogP contribution is -2.16. The second-order valence-electron chi connectivity index (χ2n) is 4.76. The number of nitrogens with zero attached hydrogens (tertiary/aromatic N) is 2. The van der Waals surface area contributed by atoms with E-state index in [-0.39, 0.29) is 28.8 Å². The van der Waals surface area contributed by atoms with Crippen LogP contribution >= 0.6 is 11.6 Å². The van der Waals surface area contributed by atoms with Crippen molar-refractivity contribution in [2.45, 2.75) is 13.8 Å². The number of carboxylic acids is 1. The minimum Gasteiger partial charge on any atom is -0.476 e. The number of hydrogen-bond donors (Lipinski definition) is 1. The first-order chi connectivity index (χ1) is 9.91. The molecule has 0 aliphatic heterocycles. The summed E-state index contributed by atoms with van der Waals surface area (Å²) in [6.07, 6.45) is 1.25. The van der Waals surface area contributed by atoms with E-state index in [1.807, 2.05) is 0 Å². The zero-order valence-corrected chi connectivity index (χ0v) is 12.3. The molecule has 2 rings (SSSR count). The Kier molecular flexibility index (Phi) is 4.33. The number of aromatic carboxylic acids is 1. The van der Waals surface area contributed by atoms with Crippen LogP contribution in [-0.2, 0) is 0 Å². The third kappa shape index (κ3) is 3.08. The summed E-state index contributed by atoms with van der Waals surface area (Å²) in [4.78, 5) is 31.4. The number of benzene rings is 1. The summed E-state index contributed by atoms with van der Waals surface area (Å²) >= 11 is 6.05. The molecule has 1 N–H and O–H groups in total. The lowest BCUT2D eigenvalue weighted by atomic mass is 10.0. The average molecular weight is 305 g/mol. The van der Waals surface area contributed by atoms with Crippen LogP contribution in [-0.4, -0.2) is 26.8 Å². The molecule has 108 valence electrons. The Hall–Kier alpha value is -2.27. The van der Waals surface area contributed by atoms with E-state index in [2.05, 4.69) is 9.97 Å². The van der Waals surface area contributed by atoms with Crippen LogP contribution in [0.15, 0.2) is 30.5 Å². The summed E-state index contributed by atoms with van der Waals surface area (Å²) in [5.41, 5.74) is 0.220. The first-order valence-corrected chi connectivity index (χ1v) is 6.69. The molecule has 0 aliphatic rings. The van der Waals surface area contributed by atoms with Crippen molar-refractivity contribution in [3.8, 4) is 11.4 Å².